The number of halogens is 1. The van der Waals surface area contributed by atoms with E-state index in [4.69, 9.17) is 15.9 Å². The van der Waals surface area contributed by atoms with Crippen molar-refractivity contribution in [1.82, 2.24) is 5.32 Å². The molecule has 104 valence electrons. The number of methoxy groups -OCH3 is 1. The van der Waals surface area contributed by atoms with Crippen molar-refractivity contribution in [2.75, 3.05) is 20.3 Å². The van der Waals surface area contributed by atoms with Gasteiger partial charge in [-0.2, -0.15) is 0 Å². The number of nitrogens with one attached hydrogen (secondary N) is 2. The molecule has 4 N–H and O–H groups in total. The van der Waals surface area contributed by atoms with Crippen LogP contribution in [0.15, 0.2) is 22.7 Å². The number of carbonyl (C=O) groups excluding carboxylic acids is 1. The molecule has 5 nitrogen and oxygen atoms in total. The summed E-state index contributed by atoms with van der Waals surface area (Å²) in [6.45, 7) is 0.935. The number of carbonyl (C=O) groups is 1. The molecule has 0 spiro atoms. The first-order valence-electron chi connectivity index (χ1n) is 5.57. The molecule has 1 rings (SSSR count). The standard InChI is InChI=1S/C12H16BrN3O2S/c1-18-5-4-16-11(17)10-3-2-9(13)6-8(10)7-19-12(14)15/h2-3,6H,4-5,7H2,1H3,(H3,14,15)(H,16,17). The van der Waals surface area contributed by atoms with E-state index in [0.717, 1.165) is 10.0 Å². The van der Waals surface area contributed by atoms with Gasteiger partial charge in [0.2, 0.25) is 0 Å². The number of nitrogens with two attached hydrogens (primary N) is 1. The molecule has 0 fully saturated rings. The first-order chi connectivity index (χ1) is 9.04. The minimum absolute atomic E-state index is 0.0331. The Labute approximate surface area is 124 Å². The molecule has 0 aliphatic heterocycles. The van der Waals surface area contributed by atoms with Gasteiger partial charge >= 0.3 is 0 Å². The van der Waals surface area contributed by atoms with Crippen LogP contribution in [0.25, 0.3) is 0 Å². The van der Waals surface area contributed by atoms with E-state index in [1.165, 1.54) is 11.8 Å². The molecule has 0 unspecified atom stereocenters. The summed E-state index contributed by atoms with van der Waals surface area (Å²) in [7, 11) is 1.58. The Bertz CT molecular complexity index is 468. The van der Waals surface area contributed by atoms with Crippen LogP contribution in [0.5, 0.6) is 0 Å². The first kappa shape index (κ1) is 16.0. The van der Waals surface area contributed by atoms with Gasteiger partial charge in [-0.05, 0) is 23.8 Å². The third-order valence-electron chi connectivity index (χ3n) is 2.29. The van der Waals surface area contributed by atoms with E-state index in [1.54, 1.807) is 13.2 Å². The summed E-state index contributed by atoms with van der Waals surface area (Å²) < 4.78 is 5.77. The van der Waals surface area contributed by atoms with Crippen molar-refractivity contribution in [3.05, 3.63) is 33.8 Å². The predicted molar refractivity (Wildman–Crippen MR) is 81.6 cm³/mol. The van der Waals surface area contributed by atoms with Crippen molar-refractivity contribution in [2.45, 2.75) is 5.75 Å². The Balaban J connectivity index is 2.80. The van der Waals surface area contributed by atoms with Gasteiger partial charge in [-0.3, -0.25) is 10.2 Å². The summed E-state index contributed by atoms with van der Waals surface area (Å²) in [5.74, 6) is 0.339. The number of hydrogen-bond acceptors (Lipinski definition) is 4. The second kappa shape index (κ2) is 8.19. The van der Waals surface area contributed by atoms with Crippen LogP contribution in [0.2, 0.25) is 0 Å². The van der Waals surface area contributed by atoms with Gasteiger partial charge in [0, 0.05) is 29.4 Å². The van der Waals surface area contributed by atoms with Crippen LogP contribution in [0.4, 0.5) is 0 Å². The molecular weight excluding hydrogens is 330 g/mol. The molecule has 1 aromatic carbocycles. The predicted octanol–water partition coefficient (Wildman–Crippen LogP) is 1.95. The number of thioether (sulfide) groups is 1. The fourth-order valence-corrected chi connectivity index (χ4v) is 2.38. The SMILES string of the molecule is COCCNC(=O)c1ccc(Br)cc1CSC(=N)N. The van der Waals surface area contributed by atoms with Crippen molar-refractivity contribution in [3.8, 4) is 0 Å². The van der Waals surface area contributed by atoms with Crippen molar-refractivity contribution >= 4 is 38.8 Å². The molecule has 0 aliphatic rings. The largest absolute Gasteiger partial charge is 0.383 e. The minimum Gasteiger partial charge on any atom is -0.383 e. The molecule has 0 aliphatic carbocycles. The van der Waals surface area contributed by atoms with E-state index in [9.17, 15) is 4.79 Å². The fourth-order valence-electron chi connectivity index (χ4n) is 1.42. The quantitative estimate of drug-likeness (QED) is 0.417. The van der Waals surface area contributed by atoms with Gasteiger partial charge in [0.1, 0.15) is 0 Å². The van der Waals surface area contributed by atoms with Crippen LogP contribution in [-0.2, 0) is 10.5 Å². The molecule has 0 atom stereocenters. The highest BCUT2D eigenvalue weighted by molar-refractivity contribution is 9.10. The highest BCUT2D eigenvalue weighted by Crippen LogP contribution is 2.21. The van der Waals surface area contributed by atoms with E-state index in [1.807, 2.05) is 12.1 Å². The number of hydrogen-bond donors (Lipinski definition) is 3. The number of amidine groups is 1. The van der Waals surface area contributed by atoms with Crippen LogP contribution in [0.3, 0.4) is 0 Å². The number of rotatable bonds is 6. The lowest BCUT2D eigenvalue weighted by atomic mass is 10.1. The zero-order chi connectivity index (χ0) is 14.3. The molecule has 0 saturated heterocycles. The molecule has 7 heteroatoms. The average molecular weight is 346 g/mol. The molecule has 1 aromatic rings. The van der Waals surface area contributed by atoms with Gasteiger partial charge in [0.05, 0.1) is 6.61 Å². The van der Waals surface area contributed by atoms with Gasteiger partial charge in [-0.1, -0.05) is 27.7 Å². The zero-order valence-electron chi connectivity index (χ0n) is 10.5. The normalized spacial score (nSPS) is 10.2. The van der Waals surface area contributed by atoms with Gasteiger partial charge < -0.3 is 15.8 Å². The van der Waals surface area contributed by atoms with E-state index in [2.05, 4.69) is 21.2 Å². The molecule has 0 bridgehead atoms. The number of ether oxygens (including phenoxy) is 1. The zero-order valence-corrected chi connectivity index (χ0v) is 12.9. The van der Waals surface area contributed by atoms with Crippen LogP contribution < -0.4 is 11.1 Å². The van der Waals surface area contributed by atoms with E-state index >= 15 is 0 Å². The third-order valence-corrected chi connectivity index (χ3v) is 3.55. The monoisotopic (exact) mass is 345 g/mol. The third kappa shape index (κ3) is 5.63. The summed E-state index contributed by atoms with van der Waals surface area (Å²) in [5, 5.41) is 10.0. The lowest BCUT2D eigenvalue weighted by Crippen LogP contribution is -2.27. The minimum atomic E-state index is -0.149. The van der Waals surface area contributed by atoms with Crippen LogP contribution in [0.1, 0.15) is 15.9 Å². The summed E-state index contributed by atoms with van der Waals surface area (Å²) in [4.78, 5) is 12.0. The van der Waals surface area contributed by atoms with Gasteiger partial charge in [-0.15, -0.1) is 0 Å². The van der Waals surface area contributed by atoms with Crippen LogP contribution in [0, 0.1) is 5.41 Å². The fraction of sp³-hybridized carbons (Fsp3) is 0.333. The molecule has 0 aromatic heterocycles. The van der Waals surface area contributed by atoms with Crippen molar-refractivity contribution in [2.24, 2.45) is 5.73 Å². The smallest absolute Gasteiger partial charge is 0.251 e. The molecule has 0 saturated carbocycles. The Morgan fingerprint density at radius 3 is 2.95 bits per heavy atom. The molecule has 1 amide bonds. The number of amides is 1. The number of benzene rings is 1. The topological polar surface area (TPSA) is 88.2 Å². The maximum absolute atomic E-state index is 12.0. The summed E-state index contributed by atoms with van der Waals surface area (Å²) in [6, 6.07) is 5.43. The van der Waals surface area contributed by atoms with Crippen LogP contribution >= 0.6 is 27.7 Å². The van der Waals surface area contributed by atoms with Gasteiger partial charge in [-0.25, -0.2) is 0 Å². The Kier molecular flexibility index (Phi) is 6.90. The second-order valence-corrected chi connectivity index (χ2v) is 5.64. The highest BCUT2D eigenvalue weighted by atomic mass is 79.9. The molecule has 0 radical (unpaired) electrons. The Hall–Kier alpha value is -1.05. The lowest BCUT2D eigenvalue weighted by Gasteiger charge is -2.10. The molecular formula is C12H16BrN3O2S. The lowest BCUT2D eigenvalue weighted by molar-refractivity contribution is 0.0936. The molecule has 19 heavy (non-hydrogen) atoms. The maximum Gasteiger partial charge on any atom is 0.251 e. The van der Waals surface area contributed by atoms with E-state index in [0.29, 0.717) is 24.5 Å². The van der Waals surface area contributed by atoms with Crippen molar-refractivity contribution < 1.29 is 9.53 Å². The van der Waals surface area contributed by atoms with E-state index in [-0.39, 0.29) is 11.1 Å². The van der Waals surface area contributed by atoms with Gasteiger partial charge in [0.15, 0.2) is 5.17 Å². The van der Waals surface area contributed by atoms with Crippen molar-refractivity contribution in [3.63, 3.8) is 0 Å². The highest BCUT2D eigenvalue weighted by Gasteiger charge is 2.11. The average Bonchev–Trinajstić information content (AvgIpc) is 2.36. The first-order valence-corrected chi connectivity index (χ1v) is 7.35. The summed E-state index contributed by atoms with van der Waals surface area (Å²) in [5.41, 5.74) is 6.75. The Morgan fingerprint density at radius 1 is 1.58 bits per heavy atom. The molecule has 0 heterocycles. The van der Waals surface area contributed by atoms with E-state index < -0.39 is 0 Å². The van der Waals surface area contributed by atoms with Crippen LogP contribution in [-0.4, -0.2) is 31.3 Å². The van der Waals surface area contributed by atoms with Crippen molar-refractivity contribution in [1.29, 1.82) is 5.41 Å². The Morgan fingerprint density at radius 2 is 2.32 bits per heavy atom. The summed E-state index contributed by atoms with van der Waals surface area (Å²) >= 11 is 4.56. The van der Waals surface area contributed by atoms with Gasteiger partial charge in [0.25, 0.3) is 5.91 Å². The maximum atomic E-state index is 12.0. The summed E-state index contributed by atoms with van der Waals surface area (Å²) in [6.07, 6.45) is 0. The second-order valence-electron chi connectivity index (χ2n) is 3.70.